The fourth-order valence-corrected chi connectivity index (χ4v) is 4.67. The van der Waals surface area contributed by atoms with Crippen molar-refractivity contribution >= 4 is 38.6 Å². The van der Waals surface area contributed by atoms with Gasteiger partial charge in [-0.1, -0.05) is 39.8 Å². The van der Waals surface area contributed by atoms with E-state index in [0.29, 0.717) is 40.1 Å². The van der Waals surface area contributed by atoms with E-state index in [9.17, 15) is 4.79 Å². The molecule has 7 nitrogen and oxygen atoms in total. The lowest BCUT2D eigenvalue weighted by atomic mass is 10.2. The Labute approximate surface area is 191 Å². The molecule has 31 heavy (non-hydrogen) atoms. The molecule has 1 aliphatic heterocycles. The van der Waals surface area contributed by atoms with Gasteiger partial charge in [-0.2, -0.15) is 0 Å². The summed E-state index contributed by atoms with van der Waals surface area (Å²) in [4.78, 5) is 17.9. The molecular weight excluding hydrogens is 480 g/mol. The smallest absolute Gasteiger partial charge is 0.262 e. The first-order valence-corrected chi connectivity index (χ1v) is 11.8. The van der Waals surface area contributed by atoms with Crippen molar-refractivity contribution in [3.63, 3.8) is 0 Å². The molecule has 2 aromatic heterocycles. The predicted molar refractivity (Wildman–Crippen MR) is 122 cm³/mol. The molecule has 1 fully saturated rings. The first-order chi connectivity index (χ1) is 15.2. The molecule has 0 spiro atoms. The number of para-hydroxylation sites is 1. The third-order valence-electron chi connectivity index (χ3n) is 5.12. The molecule has 1 unspecified atom stereocenters. The monoisotopic (exact) mass is 498 g/mol. The van der Waals surface area contributed by atoms with Crippen LogP contribution in [0.3, 0.4) is 0 Å². The molecule has 1 atom stereocenters. The van der Waals surface area contributed by atoms with Crippen LogP contribution >= 0.6 is 27.7 Å². The summed E-state index contributed by atoms with van der Waals surface area (Å²) < 4.78 is 14.3. The van der Waals surface area contributed by atoms with Gasteiger partial charge in [0.15, 0.2) is 5.16 Å². The standard InChI is InChI=1S/C22H19BrN4O3S/c23-15-9-7-14(8-10-15)20-26-25-19(30-20)13-31-22-24-18-6-2-1-5-17(18)21(28)27(22)12-16-4-3-11-29-16/h1-2,5-10,16H,3-4,11-13H2. The molecular formula is C22H19BrN4O3S. The Hall–Kier alpha value is -2.49. The summed E-state index contributed by atoms with van der Waals surface area (Å²) in [5.74, 6) is 1.36. The maximum atomic E-state index is 13.2. The van der Waals surface area contributed by atoms with Crippen LogP contribution in [0.25, 0.3) is 22.4 Å². The number of thioether (sulfide) groups is 1. The Morgan fingerprint density at radius 3 is 2.77 bits per heavy atom. The van der Waals surface area contributed by atoms with Crippen molar-refractivity contribution in [2.45, 2.75) is 36.4 Å². The average Bonchev–Trinajstić information content (AvgIpc) is 3.47. The van der Waals surface area contributed by atoms with Crippen LogP contribution in [0.1, 0.15) is 18.7 Å². The fourth-order valence-electron chi connectivity index (χ4n) is 3.56. The average molecular weight is 499 g/mol. The van der Waals surface area contributed by atoms with Gasteiger partial charge in [0.25, 0.3) is 5.56 Å². The van der Waals surface area contributed by atoms with Gasteiger partial charge in [0.05, 0.1) is 29.3 Å². The van der Waals surface area contributed by atoms with Crippen molar-refractivity contribution < 1.29 is 9.15 Å². The Bertz CT molecular complexity index is 1270. The Kier molecular flexibility index (Phi) is 5.89. The molecule has 9 heteroatoms. The van der Waals surface area contributed by atoms with Gasteiger partial charge in [-0.25, -0.2) is 4.98 Å². The first-order valence-electron chi connectivity index (χ1n) is 10.00. The van der Waals surface area contributed by atoms with Crippen molar-refractivity contribution in [3.05, 3.63) is 69.2 Å². The highest BCUT2D eigenvalue weighted by Gasteiger charge is 2.21. The summed E-state index contributed by atoms with van der Waals surface area (Å²) in [6, 6.07) is 15.1. The molecule has 1 aliphatic rings. The first kappa shape index (κ1) is 20.4. The predicted octanol–water partition coefficient (Wildman–Crippen LogP) is 4.68. The topological polar surface area (TPSA) is 83.0 Å². The molecule has 0 saturated carbocycles. The number of fused-ring (bicyclic) bond motifs is 1. The quantitative estimate of drug-likeness (QED) is 0.281. The third-order valence-corrected chi connectivity index (χ3v) is 6.61. The van der Waals surface area contributed by atoms with Crippen LogP contribution in [0.15, 0.2) is 67.4 Å². The van der Waals surface area contributed by atoms with E-state index in [4.69, 9.17) is 14.1 Å². The number of hydrogen-bond acceptors (Lipinski definition) is 7. The Balaban J connectivity index is 1.41. The molecule has 0 aliphatic carbocycles. The molecule has 3 heterocycles. The van der Waals surface area contributed by atoms with Crippen LogP contribution in [0.4, 0.5) is 0 Å². The lowest BCUT2D eigenvalue weighted by molar-refractivity contribution is 0.0937. The van der Waals surface area contributed by atoms with Crippen LogP contribution < -0.4 is 5.56 Å². The minimum Gasteiger partial charge on any atom is -0.420 e. The minimum absolute atomic E-state index is 0.0347. The van der Waals surface area contributed by atoms with Crippen molar-refractivity contribution in [2.24, 2.45) is 0 Å². The number of nitrogens with zero attached hydrogens (tertiary/aromatic N) is 4. The number of benzene rings is 2. The number of aromatic nitrogens is 4. The summed E-state index contributed by atoms with van der Waals surface area (Å²) >= 11 is 4.84. The fraction of sp³-hybridized carbons (Fsp3) is 0.273. The van der Waals surface area contributed by atoms with Gasteiger partial charge >= 0.3 is 0 Å². The van der Waals surface area contributed by atoms with Gasteiger partial charge in [0.2, 0.25) is 11.8 Å². The van der Waals surface area contributed by atoms with Crippen molar-refractivity contribution in [3.8, 4) is 11.5 Å². The maximum absolute atomic E-state index is 13.2. The summed E-state index contributed by atoms with van der Waals surface area (Å²) in [7, 11) is 0. The van der Waals surface area contributed by atoms with Crippen LogP contribution in [0.5, 0.6) is 0 Å². The van der Waals surface area contributed by atoms with Gasteiger partial charge in [-0.3, -0.25) is 9.36 Å². The number of hydrogen-bond donors (Lipinski definition) is 0. The van der Waals surface area contributed by atoms with Crippen LogP contribution in [0.2, 0.25) is 0 Å². The summed E-state index contributed by atoms with van der Waals surface area (Å²) in [6.07, 6.45) is 2.00. The van der Waals surface area contributed by atoms with Crippen molar-refractivity contribution in [2.75, 3.05) is 6.61 Å². The summed E-state index contributed by atoms with van der Waals surface area (Å²) in [6.45, 7) is 1.23. The minimum atomic E-state index is -0.0512. The number of ether oxygens (including phenoxy) is 1. The van der Waals surface area contributed by atoms with Crippen LogP contribution in [-0.4, -0.2) is 32.5 Å². The zero-order valence-electron chi connectivity index (χ0n) is 16.5. The van der Waals surface area contributed by atoms with Gasteiger partial charge in [0.1, 0.15) is 0 Å². The highest BCUT2D eigenvalue weighted by atomic mass is 79.9. The molecule has 2 aromatic carbocycles. The highest BCUT2D eigenvalue weighted by Crippen LogP contribution is 2.26. The zero-order chi connectivity index (χ0) is 21.2. The van der Waals surface area contributed by atoms with Crippen LogP contribution in [0, 0.1) is 0 Å². The van der Waals surface area contributed by atoms with Gasteiger partial charge in [0, 0.05) is 16.6 Å². The molecule has 158 valence electrons. The van der Waals surface area contributed by atoms with Gasteiger partial charge in [-0.05, 0) is 49.2 Å². The molecule has 0 radical (unpaired) electrons. The summed E-state index contributed by atoms with van der Waals surface area (Å²) in [5, 5.41) is 9.54. The highest BCUT2D eigenvalue weighted by molar-refractivity contribution is 9.10. The maximum Gasteiger partial charge on any atom is 0.262 e. The molecule has 5 rings (SSSR count). The largest absolute Gasteiger partial charge is 0.420 e. The van der Waals surface area contributed by atoms with E-state index in [2.05, 4.69) is 26.1 Å². The lowest BCUT2D eigenvalue weighted by Crippen LogP contribution is -2.28. The SMILES string of the molecule is O=c1c2ccccc2nc(SCc2nnc(-c3ccc(Br)cc3)o2)n1CC1CCCO1. The molecule has 0 bridgehead atoms. The third kappa shape index (κ3) is 4.44. The van der Waals surface area contributed by atoms with Gasteiger partial charge < -0.3 is 9.15 Å². The normalized spacial score (nSPS) is 16.2. The zero-order valence-corrected chi connectivity index (χ0v) is 18.9. The molecule has 0 N–H and O–H groups in total. The second kappa shape index (κ2) is 8.94. The number of rotatable bonds is 6. The van der Waals surface area contributed by atoms with E-state index < -0.39 is 0 Å². The van der Waals surface area contributed by atoms with Crippen molar-refractivity contribution in [1.82, 2.24) is 19.7 Å². The van der Waals surface area contributed by atoms with Gasteiger partial charge in [-0.15, -0.1) is 10.2 Å². The molecule has 4 aromatic rings. The molecule has 0 amide bonds. The number of halogens is 1. The second-order valence-electron chi connectivity index (χ2n) is 7.26. The Morgan fingerprint density at radius 2 is 1.97 bits per heavy atom. The van der Waals surface area contributed by atoms with Crippen LogP contribution in [-0.2, 0) is 17.0 Å². The Morgan fingerprint density at radius 1 is 1.13 bits per heavy atom. The van der Waals surface area contributed by atoms with E-state index in [0.717, 1.165) is 29.5 Å². The van der Waals surface area contributed by atoms with E-state index in [-0.39, 0.29) is 11.7 Å². The van der Waals surface area contributed by atoms with E-state index in [1.54, 1.807) is 4.57 Å². The molecule has 1 saturated heterocycles. The van der Waals surface area contributed by atoms with E-state index in [1.807, 2.05) is 48.5 Å². The van der Waals surface area contributed by atoms with E-state index in [1.165, 1.54) is 11.8 Å². The second-order valence-corrected chi connectivity index (χ2v) is 9.12. The van der Waals surface area contributed by atoms with E-state index >= 15 is 0 Å². The van der Waals surface area contributed by atoms with Crippen molar-refractivity contribution in [1.29, 1.82) is 0 Å². The summed E-state index contributed by atoms with van der Waals surface area (Å²) in [5.41, 5.74) is 1.48. The lowest BCUT2D eigenvalue weighted by Gasteiger charge is -2.16.